The minimum atomic E-state index is -0.468. The molecule has 0 aromatic carbocycles. The lowest BCUT2D eigenvalue weighted by Gasteiger charge is -2.23. The minimum Gasteiger partial charge on any atom is -0.394 e. The molecule has 1 amide bonds. The Balaban J connectivity index is 4.14. The number of hydrogen-bond donors (Lipinski definition) is 2. The number of likely N-dealkylation sites (N-methyl/N-ethyl adjacent to an activating group) is 1. The molecule has 0 fully saturated rings. The maximum Gasteiger partial charge on any atom is 0.241 e. The predicted molar refractivity (Wildman–Crippen MR) is 52.5 cm³/mol. The van der Waals surface area contributed by atoms with Crippen molar-refractivity contribution in [3.8, 4) is 0 Å². The van der Waals surface area contributed by atoms with Crippen LogP contribution in [0.2, 0.25) is 0 Å². The first kappa shape index (κ1) is 12.4. The van der Waals surface area contributed by atoms with Crippen molar-refractivity contribution in [2.45, 2.75) is 32.9 Å². The van der Waals surface area contributed by atoms with Gasteiger partial charge in [-0.2, -0.15) is 0 Å². The van der Waals surface area contributed by atoms with E-state index in [1.807, 2.05) is 20.8 Å². The molecule has 13 heavy (non-hydrogen) atoms. The van der Waals surface area contributed by atoms with Crippen LogP contribution in [0.15, 0.2) is 0 Å². The standard InChI is InChI=1S/C9H20N2O2/c1-5-11(4)9(13)8(6-12)10-7(2)3/h7-8,10,12H,5-6H2,1-4H3. The summed E-state index contributed by atoms with van der Waals surface area (Å²) in [6, 6.07) is -0.267. The third kappa shape index (κ3) is 4.24. The van der Waals surface area contributed by atoms with E-state index in [0.29, 0.717) is 6.54 Å². The van der Waals surface area contributed by atoms with Gasteiger partial charge in [0.2, 0.25) is 5.91 Å². The quantitative estimate of drug-likeness (QED) is 0.629. The van der Waals surface area contributed by atoms with Crippen molar-refractivity contribution < 1.29 is 9.90 Å². The van der Waals surface area contributed by atoms with Crippen molar-refractivity contribution in [3.63, 3.8) is 0 Å². The molecule has 2 N–H and O–H groups in total. The zero-order valence-corrected chi connectivity index (χ0v) is 8.87. The van der Waals surface area contributed by atoms with E-state index in [2.05, 4.69) is 5.32 Å². The number of nitrogens with zero attached hydrogens (tertiary/aromatic N) is 1. The Morgan fingerprint density at radius 1 is 1.54 bits per heavy atom. The van der Waals surface area contributed by atoms with Gasteiger partial charge in [-0.3, -0.25) is 4.79 Å². The highest BCUT2D eigenvalue weighted by molar-refractivity contribution is 5.81. The molecule has 1 atom stereocenters. The van der Waals surface area contributed by atoms with Crippen molar-refractivity contribution in [1.82, 2.24) is 10.2 Å². The molecule has 4 nitrogen and oxygen atoms in total. The summed E-state index contributed by atoms with van der Waals surface area (Å²) in [5, 5.41) is 12.0. The molecule has 0 aliphatic carbocycles. The van der Waals surface area contributed by atoms with Crippen LogP contribution in [0.3, 0.4) is 0 Å². The highest BCUT2D eigenvalue weighted by atomic mass is 16.3. The second-order valence-electron chi connectivity index (χ2n) is 3.41. The number of carbonyl (C=O) groups is 1. The third-order valence-electron chi connectivity index (χ3n) is 1.87. The molecule has 0 rings (SSSR count). The predicted octanol–water partition coefficient (Wildman–Crippen LogP) is -0.176. The van der Waals surface area contributed by atoms with E-state index in [4.69, 9.17) is 5.11 Å². The van der Waals surface area contributed by atoms with E-state index in [9.17, 15) is 4.79 Å². The Labute approximate surface area is 79.9 Å². The summed E-state index contributed by atoms with van der Waals surface area (Å²) >= 11 is 0. The second-order valence-corrected chi connectivity index (χ2v) is 3.41. The maximum absolute atomic E-state index is 11.5. The summed E-state index contributed by atoms with van der Waals surface area (Å²) in [5.74, 6) is -0.0568. The molecule has 0 bridgehead atoms. The van der Waals surface area contributed by atoms with Crippen molar-refractivity contribution in [2.24, 2.45) is 0 Å². The van der Waals surface area contributed by atoms with Gasteiger partial charge < -0.3 is 15.3 Å². The van der Waals surface area contributed by atoms with Gasteiger partial charge in [0.1, 0.15) is 6.04 Å². The summed E-state index contributed by atoms with van der Waals surface area (Å²) in [7, 11) is 1.73. The lowest BCUT2D eigenvalue weighted by molar-refractivity contribution is -0.133. The van der Waals surface area contributed by atoms with Gasteiger partial charge in [-0.25, -0.2) is 0 Å². The number of rotatable bonds is 5. The zero-order valence-electron chi connectivity index (χ0n) is 8.87. The summed E-state index contributed by atoms with van der Waals surface area (Å²) < 4.78 is 0. The number of carbonyl (C=O) groups excluding carboxylic acids is 1. The van der Waals surface area contributed by atoms with E-state index < -0.39 is 6.04 Å². The van der Waals surface area contributed by atoms with Gasteiger partial charge in [-0.05, 0) is 6.92 Å². The normalized spacial score (nSPS) is 13.1. The van der Waals surface area contributed by atoms with Gasteiger partial charge in [0.15, 0.2) is 0 Å². The topological polar surface area (TPSA) is 52.6 Å². The monoisotopic (exact) mass is 188 g/mol. The molecule has 0 aliphatic rings. The van der Waals surface area contributed by atoms with Crippen molar-refractivity contribution in [1.29, 1.82) is 0 Å². The minimum absolute atomic E-state index is 0.0568. The summed E-state index contributed by atoms with van der Waals surface area (Å²) in [5.41, 5.74) is 0. The first-order valence-corrected chi connectivity index (χ1v) is 4.64. The molecular formula is C9H20N2O2. The largest absolute Gasteiger partial charge is 0.394 e. The number of aliphatic hydroxyl groups excluding tert-OH is 1. The Hall–Kier alpha value is -0.610. The number of nitrogens with one attached hydrogen (secondary N) is 1. The highest BCUT2D eigenvalue weighted by Gasteiger charge is 2.20. The Morgan fingerprint density at radius 3 is 2.38 bits per heavy atom. The van der Waals surface area contributed by atoms with Crippen LogP contribution in [0.5, 0.6) is 0 Å². The molecule has 0 heterocycles. The molecule has 78 valence electrons. The average molecular weight is 188 g/mol. The highest BCUT2D eigenvalue weighted by Crippen LogP contribution is 1.93. The van der Waals surface area contributed by atoms with Gasteiger partial charge in [0, 0.05) is 19.6 Å². The van der Waals surface area contributed by atoms with Crippen LogP contribution in [0.1, 0.15) is 20.8 Å². The van der Waals surface area contributed by atoms with E-state index in [0.717, 1.165) is 0 Å². The molecule has 4 heteroatoms. The Morgan fingerprint density at radius 2 is 2.08 bits per heavy atom. The van der Waals surface area contributed by atoms with E-state index in [1.165, 1.54) is 0 Å². The van der Waals surface area contributed by atoms with Crippen LogP contribution < -0.4 is 5.32 Å². The first-order chi connectivity index (χ1) is 6.02. The number of aliphatic hydroxyl groups is 1. The van der Waals surface area contributed by atoms with Crippen LogP contribution in [-0.4, -0.2) is 48.2 Å². The third-order valence-corrected chi connectivity index (χ3v) is 1.87. The van der Waals surface area contributed by atoms with Gasteiger partial charge in [0.25, 0.3) is 0 Å². The van der Waals surface area contributed by atoms with Gasteiger partial charge in [0.05, 0.1) is 6.61 Å². The van der Waals surface area contributed by atoms with Crippen LogP contribution in [0.25, 0.3) is 0 Å². The Kier molecular flexibility index (Phi) is 5.66. The van der Waals surface area contributed by atoms with Gasteiger partial charge in [-0.15, -0.1) is 0 Å². The summed E-state index contributed by atoms with van der Waals surface area (Å²) in [6.45, 7) is 6.31. The molecule has 0 aliphatic heterocycles. The van der Waals surface area contributed by atoms with Crippen molar-refractivity contribution >= 4 is 5.91 Å². The fourth-order valence-corrected chi connectivity index (χ4v) is 1.03. The van der Waals surface area contributed by atoms with Crippen LogP contribution in [0, 0.1) is 0 Å². The molecule has 0 spiro atoms. The van der Waals surface area contributed by atoms with E-state index in [-0.39, 0.29) is 18.6 Å². The van der Waals surface area contributed by atoms with Crippen LogP contribution >= 0.6 is 0 Å². The first-order valence-electron chi connectivity index (χ1n) is 4.64. The fraction of sp³-hybridized carbons (Fsp3) is 0.889. The van der Waals surface area contributed by atoms with Gasteiger partial charge >= 0.3 is 0 Å². The van der Waals surface area contributed by atoms with E-state index in [1.54, 1.807) is 11.9 Å². The van der Waals surface area contributed by atoms with Crippen LogP contribution in [-0.2, 0) is 4.79 Å². The molecule has 0 saturated heterocycles. The second kappa shape index (κ2) is 5.94. The SMILES string of the molecule is CCN(C)C(=O)C(CO)NC(C)C. The maximum atomic E-state index is 11.5. The number of amides is 1. The van der Waals surface area contributed by atoms with Crippen molar-refractivity contribution in [2.75, 3.05) is 20.2 Å². The van der Waals surface area contributed by atoms with Crippen molar-refractivity contribution in [3.05, 3.63) is 0 Å². The molecule has 1 unspecified atom stereocenters. The van der Waals surface area contributed by atoms with E-state index >= 15 is 0 Å². The summed E-state index contributed by atoms with van der Waals surface area (Å²) in [4.78, 5) is 13.1. The lowest BCUT2D eigenvalue weighted by Crippen LogP contribution is -2.49. The average Bonchev–Trinajstić information content (AvgIpc) is 2.11. The molecule has 0 saturated carbocycles. The smallest absolute Gasteiger partial charge is 0.241 e. The molecule has 0 aromatic rings. The van der Waals surface area contributed by atoms with Gasteiger partial charge in [-0.1, -0.05) is 13.8 Å². The lowest BCUT2D eigenvalue weighted by atomic mass is 10.2. The number of hydrogen-bond acceptors (Lipinski definition) is 3. The summed E-state index contributed by atoms with van der Waals surface area (Å²) in [6.07, 6.45) is 0. The Bertz CT molecular complexity index is 160. The van der Waals surface area contributed by atoms with Crippen LogP contribution in [0.4, 0.5) is 0 Å². The molecule has 0 radical (unpaired) electrons. The fourth-order valence-electron chi connectivity index (χ4n) is 1.03. The zero-order chi connectivity index (χ0) is 10.4. The molecular weight excluding hydrogens is 168 g/mol. The molecule has 0 aromatic heterocycles.